The second kappa shape index (κ2) is 6.57. The lowest BCUT2D eigenvalue weighted by Crippen LogP contribution is -2.44. The van der Waals surface area contributed by atoms with Crippen LogP contribution >= 0.6 is 0 Å². The van der Waals surface area contributed by atoms with Gasteiger partial charge in [0.15, 0.2) is 14.6 Å². The summed E-state index contributed by atoms with van der Waals surface area (Å²) in [6, 6.07) is 14.7. The fourth-order valence-electron chi connectivity index (χ4n) is 3.00. The van der Waals surface area contributed by atoms with Gasteiger partial charge in [-0.1, -0.05) is 30.3 Å². The van der Waals surface area contributed by atoms with Crippen molar-refractivity contribution < 1.29 is 22.7 Å². The highest BCUT2D eigenvalue weighted by Gasteiger charge is 2.57. The number of imide groups is 1. The summed E-state index contributed by atoms with van der Waals surface area (Å²) >= 11 is 0. The first kappa shape index (κ1) is 18.1. The highest BCUT2D eigenvalue weighted by Crippen LogP contribution is 2.36. The van der Waals surface area contributed by atoms with Crippen LogP contribution < -0.4 is 4.74 Å². The summed E-state index contributed by atoms with van der Waals surface area (Å²) in [5.41, 5.74) is 0.717. The van der Waals surface area contributed by atoms with E-state index in [-0.39, 0.29) is 17.9 Å². The first-order chi connectivity index (χ1) is 12.3. The van der Waals surface area contributed by atoms with E-state index >= 15 is 0 Å². The van der Waals surface area contributed by atoms with Crippen LogP contribution in [-0.2, 0) is 26.0 Å². The Hall–Kier alpha value is -2.67. The van der Waals surface area contributed by atoms with E-state index in [1.54, 1.807) is 49.6 Å². The predicted molar refractivity (Wildman–Crippen MR) is 95.2 cm³/mol. The molecule has 7 heteroatoms. The largest absolute Gasteiger partial charge is 0.497 e. The highest BCUT2D eigenvalue weighted by molar-refractivity contribution is 7.93. The molecule has 1 aliphatic heterocycles. The van der Waals surface area contributed by atoms with Crippen LogP contribution in [0.4, 0.5) is 0 Å². The molecule has 1 fully saturated rings. The Kier molecular flexibility index (Phi) is 4.58. The number of sulfone groups is 1. The number of rotatable bonds is 5. The SMILES string of the molecule is COc1ccc(CN2C(=O)CC(C)(S(=O)(=O)c3ccccc3)C2=O)cc1. The molecule has 26 heavy (non-hydrogen) atoms. The quantitative estimate of drug-likeness (QED) is 0.751. The van der Waals surface area contributed by atoms with E-state index in [0.717, 1.165) is 4.90 Å². The zero-order chi connectivity index (χ0) is 18.9. The van der Waals surface area contributed by atoms with Crippen molar-refractivity contribution in [1.29, 1.82) is 0 Å². The van der Waals surface area contributed by atoms with Crippen molar-refractivity contribution in [2.75, 3.05) is 7.11 Å². The molecule has 0 N–H and O–H groups in total. The van der Waals surface area contributed by atoms with Gasteiger partial charge in [0.1, 0.15) is 5.75 Å². The third-order valence-electron chi connectivity index (χ3n) is 4.63. The summed E-state index contributed by atoms with van der Waals surface area (Å²) in [5.74, 6) is -0.528. The number of ether oxygens (including phenoxy) is 1. The maximum atomic E-state index is 13.0. The van der Waals surface area contributed by atoms with E-state index in [4.69, 9.17) is 4.74 Å². The maximum Gasteiger partial charge on any atom is 0.251 e. The van der Waals surface area contributed by atoms with Crippen molar-refractivity contribution in [2.24, 2.45) is 0 Å². The van der Waals surface area contributed by atoms with Gasteiger partial charge >= 0.3 is 0 Å². The minimum Gasteiger partial charge on any atom is -0.497 e. The smallest absolute Gasteiger partial charge is 0.251 e. The molecule has 1 heterocycles. The van der Waals surface area contributed by atoms with E-state index < -0.39 is 26.4 Å². The lowest BCUT2D eigenvalue weighted by atomic mass is 10.1. The number of hydrogen-bond acceptors (Lipinski definition) is 5. The van der Waals surface area contributed by atoms with Gasteiger partial charge in [-0.2, -0.15) is 0 Å². The molecule has 0 bridgehead atoms. The van der Waals surface area contributed by atoms with Crippen LogP contribution in [0.1, 0.15) is 18.9 Å². The summed E-state index contributed by atoms with van der Waals surface area (Å²) in [7, 11) is -2.44. The fourth-order valence-corrected chi connectivity index (χ4v) is 4.69. The van der Waals surface area contributed by atoms with Gasteiger partial charge in [0.25, 0.3) is 5.91 Å². The fraction of sp³-hybridized carbons (Fsp3) is 0.263. The van der Waals surface area contributed by atoms with E-state index in [0.29, 0.717) is 11.3 Å². The minimum absolute atomic E-state index is 0.0293. The van der Waals surface area contributed by atoms with E-state index in [1.807, 2.05) is 0 Å². The predicted octanol–water partition coefficient (Wildman–Crippen LogP) is 2.19. The number of carbonyl (C=O) groups excluding carboxylic acids is 2. The molecule has 1 unspecified atom stereocenters. The second-order valence-corrected chi connectivity index (χ2v) is 8.74. The normalized spacial score (nSPS) is 20.5. The van der Waals surface area contributed by atoms with E-state index in [2.05, 4.69) is 0 Å². The lowest BCUT2D eigenvalue weighted by molar-refractivity contribution is -0.139. The maximum absolute atomic E-state index is 13.0. The second-order valence-electron chi connectivity index (χ2n) is 6.36. The van der Waals surface area contributed by atoms with E-state index in [1.165, 1.54) is 19.1 Å². The number of hydrogen-bond donors (Lipinski definition) is 0. The summed E-state index contributed by atoms with van der Waals surface area (Å²) in [6.45, 7) is 1.35. The van der Waals surface area contributed by atoms with Crippen molar-refractivity contribution in [1.82, 2.24) is 4.90 Å². The molecule has 0 radical (unpaired) electrons. The number of likely N-dealkylation sites (tertiary alicyclic amines) is 1. The Labute approximate surface area is 152 Å². The van der Waals surface area contributed by atoms with Crippen LogP contribution in [0.3, 0.4) is 0 Å². The van der Waals surface area contributed by atoms with Crippen molar-refractivity contribution in [3.8, 4) is 5.75 Å². The summed E-state index contributed by atoms with van der Waals surface area (Å²) in [4.78, 5) is 26.4. The van der Waals surface area contributed by atoms with Crippen LogP contribution in [0.5, 0.6) is 5.75 Å². The van der Waals surface area contributed by atoms with Gasteiger partial charge in [0, 0.05) is 0 Å². The highest BCUT2D eigenvalue weighted by atomic mass is 32.2. The Morgan fingerprint density at radius 2 is 1.65 bits per heavy atom. The van der Waals surface area contributed by atoms with Gasteiger partial charge in [-0.25, -0.2) is 8.42 Å². The molecule has 0 spiro atoms. The molecule has 136 valence electrons. The van der Waals surface area contributed by atoms with Crippen molar-refractivity contribution in [3.05, 3.63) is 60.2 Å². The van der Waals surface area contributed by atoms with Crippen molar-refractivity contribution in [3.63, 3.8) is 0 Å². The lowest BCUT2D eigenvalue weighted by Gasteiger charge is -2.22. The van der Waals surface area contributed by atoms with E-state index in [9.17, 15) is 18.0 Å². The number of methoxy groups -OCH3 is 1. The Morgan fingerprint density at radius 3 is 2.23 bits per heavy atom. The van der Waals surface area contributed by atoms with Crippen molar-refractivity contribution in [2.45, 2.75) is 29.5 Å². The monoisotopic (exact) mass is 373 g/mol. The third kappa shape index (κ3) is 2.88. The number of nitrogens with zero attached hydrogens (tertiary/aromatic N) is 1. The molecule has 0 saturated carbocycles. The third-order valence-corrected chi connectivity index (χ3v) is 7.03. The molecule has 2 aromatic carbocycles. The number of carbonyl (C=O) groups is 2. The minimum atomic E-state index is -3.99. The zero-order valence-corrected chi connectivity index (χ0v) is 15.3. The molecule has 1 saturated heterocycles. The number of benzene rings is 2. The zero-order valence-electron chi connectivity index (χ0n) is 14.5. The van der Waals surface area contributed by atoms with Gasteiger partial charge in [0.2, 0.25) is 5.91 Å². The molecule has 3 rings (SSSR count). The topological polar surface area (TPSA) is 80.8 Å². The Morgan fingerprint density at radius 1 is 1.04 bits per heavy atom. The average Bonchev–Trinajstić information content (AvgIpc) is 2.87. The van der Waals surface area contributed by atoms with Gasteiger partial charge in [0.05, 0.1) is 25.0 Å². The Bertz CT molecular complexity index is 938. The first-order valence-corrected chi connectivity index (χ1v) is 9.55. The molecule has 0 aromatic heterocycles. The summed E-state index contributed by atoms with van der Waals surface area (Å²) in [6.07, 6.45) is -0.362. The van der Waals surface area contributed by atoms with Gasteiger partial charge in [-0.05, 0) is 36.8 Å². The van der Waals surface area contributed by atoms with Crippen molar-refractivity contribution >= 4 is 21.7 Å². The van der Waals surface area contributed by atoms with Crippen LogP contribution in [0.15, 0.2) is 59.5 Å². The van der Waals surface area contributed by atoms with Crippen LogP contribution in [0, 0.1) is 0 Å². The molecule has 1 aliphatic rings. The molecule has 6 nitrogen and oxygen atoms in total. The molecular formula is C19H19NO5S. The van der Waals surface area contributed by atoms with Gasteiger partial charge in [-0.3, -0.25) is 14.5 Å². The van der Waals surface area contributed by atoms with Crippen LogP contribution in [-0.4, -0.2) is 37.0 Å². The molecule has 1 atom stereocenters. The molecule has 2 aromatic rings. The molecular weight excluding hydrogens is 354 g/mol. The molecule has 2 amide bonds. The first-order valence-electron chi connectivity index (χ1n) is 8.07. The summed E-state index contributed by atoms with van der Waals surface area (Å²) in [5, 5.41) is 0. The number of amides is 2. The van der Waals surface area contributed by atoms with Crippen LogP contribution in [0.2, 0.25) is 0 Å². The average molecular weight is 373 g/mol. The Balaban J connectivity index is 1.90. The van der Waals surface area contributed by atoms with Gasteiger partial charge < -0.3 is 4.74 Å². The van der Waals surface area contributed by atoms with Crippen LogP contribution in [0.25, 0.3) is 0 Å². The van der Waals surface area contributed by atoms with Gasteiger partial charge in [-0.15, -0.1) is 0 Å². The summed E-state index contributed by atoms with van der Waals surface area (Å²) < 4.78 is 29.2. The standard InChI is InChI=1S/C19H19NO5S/c1-19(26(23,24)16-6-4-3-5-7-16)12-17(21)20(18(19)22)13-14-8-10-15(25-2)11-9-14/h3-11H,12-13H2,1-2H3. The molecule has 0 aliphatic carbocycles.